The fraction of sp³-hybridized carbons (Fsp3) is 0.485. The summed E-state index contributed by atoms with van der Waals surface area (Å²) in [5.74, 6) is -1.66. The second-order valence-electron chi connectivity index (χ2n) is 12.5. The SMILES string of the molecule is COc1cc(CN(CC(=O)O)CC(F)(F)F)ccc1Cc1c(C)nc(N)nc1OS(=O)(=O)c1c(C(C)C)cc(C(C)C)cc1C(C)C. The van der Waals surface area contributed by atoms with Gasteiger partial charge in [-0.3, -0.25) is 9.69 Å². The molecule has 0 bridgehead atoms. The summed E-state index contributed by atoms with van der Waals surface area (Å²) in [6.45, 7) is 10.9. The van der Waals surface area contributed by atoms with Gasteiger partial charge in [-0.15, -0.1) is 0 Å². The minimum atomic E-state index is -4.59. The number of aryl methyl sites for hydroxylation is 1. The molecule has 47 heavy (non-hydrogen) atoms. The van der Waals surface area contributed by atoms with Crippen LogP contribution >= 0.6 is 0 Å². The average molecular weight is 681 g/mol. The average Bonchev–Trinajstić information content (AvgIpc) is 2.93. The van der Waals surface area contributed by atoms with Crippen LogP contribution < -0.4 is 14.7 Å². The maximum atomic E-state index is 14.1. The molecule has 258 valence electrons. The van der Waals surface area contributed by atoms with Gasteiger partial charge in [0, 0.05) is 18.5 Å². The molecule has 0 spiro atoms. The summed E-state index contributed by atoms with van der Waals surface area (Å²) in [6.07, 6.45) is -4.56. The van der Waals surface area contributed by atoms with E-state index < -0.39 is 35.4 Å². The number of carboxylic acids is 1. The first kappa shape index (κ1) is 37.5. The fourth-order valence-electron chi connectivity index (χ4n) is 5.28. The Morgan fingerprint density at radius 1 is 1.00 bits per heavy atom. The molecule has 0 aliphatic heterocycles. The van der Waals surface area contributed by atoms with Crippen molar-refractivity contribution in [2.75, 3.05) is 25.9 Å². The minimum Gasteiger partial charge on any atom is -0.496 e. The third-order valence-electron chi connectivity index (χ3n) is 7.60. The zero-order valence-corrected chi connectivity index (χ0v) is 28.7. The Hall–Kier alpha value is -3.91. The van der Waals surface area contributed by atoms with Gasteiger partial charge in [-0.1, -0.05) is 65.8 Å². The van der Waals surface area contributed by atoms with Crippen LogP contribution in [0.1, 0.15) is 98.4 Å². The molecule has 1 heterocycles. The van der Waals surface area contributed by atoms with Gasteiger partial charge in [-0.05, 0) is 58.6 Å². The number of aliphatic carboxylic acids is 1. The first-order chi connectivity index (χ1) is 21.7. The van der Waals surface area contributed by atoms with Crippen LogP contribution in [-0.4, -0.2) is 60.7 Å². The van der Waals surface area contributed by atoms with Crippen molar-refractivity contribution in [3.8, 4) is 11.6 Å². The number of hydrogen-bond acceptors (Lipinski definition) is 9. The normalized spacial score (nSPS) is 12.4. The number of aromatic nitrogens is 2. The molecule has 10 nitrogen and oxygen atoms in total. The highest BCUT2D eigenvalue weighted by molar-refractivity contribution is 7.87. The summed E-state index contributed by atoms with van der Waals surface area (Å²) in [6, 6.07) is 8.46. The van der Waals surface area contributed by atoms with Gasteiger partial charge in [0.25, 0.3) is 0 Å². The molecular formula is C33H43F3N4O6S. The van der Waals surface area contributed by atoms with Gasteiger partial charge < -0.3 is 19.8 Å². The number of benzene rings is 2. The molecule has 3 N–H and O–H groups in total. The van der Waals surface area contributed by atoms with Crippen molar-refractivity contribution < 1.29 is 40.4 Å². The van der Waals surface area contributed by atoms with E-state index in [2.05, 4.69) is 9.97 Å². The van der Waals surface area contributed by atoms with Crippen molar-refractivity contribution in [2.45, 2.75) is 90.3 Å². The Morgan fingerprint density at radius 3 is 2.09 bits per heavy atom. The Labute approximate surface area is 274 Å². The monoisotopic (exact) mass is 680 g/mol. The van der Waals surface area contributed by atoms with Crippen molar-refractivity contribution in [2.24, 2.45) is 0 Å². The molecule has 0 fully saturated rings. The summed E-state index contributed by atoms with van der Waals surface area (Å²) in [4.78, 5) is 20.4. The molecule has 0 atom stereocenters. The Morgan fingerprint density at radius 2 is 1.60 bits per heavy atom. The van der Waals surface area contributed by atoms with Crippen LogP contribution in [0.15, 0.2) is 35.2 Å². The van der Waals surface area contributed by atoms with Crippen LogP contribution in [0.3, 0.4) is 0 Å². The van der Waals surface area contributed by atoms with E-state index in [0.29, 0.717) is 33.5 Å². The lowest BCUT2D eigenvalue weighted by Gasteiger charge is -2.23. The Kier molecular flexibility index (Phi) is 11.9. The Bertz CT molecular complexity index is 1680. The highest BCUT2D eigenvalue weighted by Crippen LogP contribution is 2.37. The molecule has 0 aliphatic carbocycles. The maximum Gasteiger partial charge on any atom is 0.401 e. The molecule has 0 radical (unpaired) electrons. The predicted octanol–water partition coefficient (Wildman–Crippen LogP) is 6.55. The first-order valence-corrected chi connectivity index (χ1v) is 16.5. The lowest BCUT2D eigenvalue weighted by Crippen LogP contribution is -2.37. The molecule has 14 heteroatoms. The van der Waals surface area contributed by atoms with Crippen molar-refractivity contribution in [1.29, 1.82) is 0 Å². The number of nitrogen functional groups attached to an aromatic ring is 1. The summed E-state index contributed by atoms with van der Waals surface area (Å²) in [5.41, 5.74) is 9.79. The van der Waals surface area contributed by atoms with E-state index in [-0.39, 0.29) is 53.2 Å². The first-order valence-electron chi connectivity index (χ1n) is 15.1. The molecule has 0 saturated heterocycles. The number of carboxylic acid groups (broad SMARTS) is 1. The lowest BCUT2D eigenvalue weighted by atomic mass is 9.89. The van der Waals surface area contributed by atoms with Gasteiger partial charge in [-0.2, -0.15) is 26.6 Å². The summed E-state index contributed by atoms with van der Waals surface area (Å²) in [5, 5.41) is 9.10. The van der Waals surface area contributed by atoms with Crippen LogP contribution in [-0.2, 0) is 27.9 Å². The van der Waals surface area contributed by atoms with Crippen LogP contribution in [0, 0.1) is 6.92 Å². The zero-order chi connectivity index (χ0) is 35.4. The third-order valence-corrected chi connectivity index (χ3v) is 8.95. The quantitative estimate of drug-likeness (QED) is 0.180. The molecule has 3 rings (SSSR count). The molecule has 2 aromatic carbocycles. The van der Waals surface area contributed by atoms with Crippen molar-refractivity contribution in [3.63, 3.8) is 0 Å². The van der Waals surface area contributed by atoms with E-state index in [4.69, 9.17) is 19.8 Å². The van der Waals surface area contributed by atoms with Gasteiger partial charge >= 0.3 is 22.3 Å². The minimum absolute atomic E-state index is 0.0299. The van der Waals surface area contributed by atoms with Crippen LogP contribution in [0.5, 0.6) is 11.6 Å². The van der Waals surface area contributed by atoms with Gasteiger partial charge in [0.05, 0.1) is 25.9 Å². The number of alkyl halides is 3. The number of methoxy groups -OCH3 is 1. The van der Waals surface area contributed by atoms with Crippen molar-refractivity contribution in [1.82, 2.24) is 14.9 Å². The summed E-state index contributed by atoms with van der Waals surface area (Å²) in [7, 11) is -3.06. The molecular weight excluding hydrogens is 637 g/mol. The maximum absolute atomic E-state index is 14.1. The van der Waals surface area contributed by atoms with E-state index in [1.807, 2.05) is 53.7 Å². The van der Waals surface area contributed by atoms with E-state index >= 15 is 0 Å². The standard InChI is InChI=1S/C33H43F3N4O6S/c1-18(2)24-13-25(19(3)4)30(26(14-24)20(5)6)47(43,44)46-31-27(21(7)38-32(37)39-31)12-23-10-9-22(11-28(23)45-8)15-40(16-29(41)42)17-33(34,35)36/h9-11,13-14,18-20H,12,15-17H2,1-8H3,(H,41,42)(H2,37,38,39). The van der Waals surface area contributed by atoms with Gasteiger partial charge in [0.2, 0.25) is 11.8 Å². The molecule has 0 amide bonds. The van der Waals surface area contributed by atoms with E-state index in [1.54, 1.807) is 19.1 Å². The second-order valence-corrected chi connectivity index (χ2v) is 13.9. The molecule has 0 saturated carbocycles. The number of nitrogens with zero attached hydrogens (tertiary/aromatic N) is 3. The molecule has 0 unspecified atom stereocenters. The van der Waals surface area contributed by atoms with Gasteiger partial charge in [0.1, 0.15) is 10.6 Å². The highest BCUT2D eigenvalue weighted by atomic mass is 32.2. The van der Waals surface area contributed by atoms with E-state index in [1.165, 1.54) is 13.2 Å². The number of hydrogen-bond donors (Lipinski definition) is 2. The number of anilines is 1. The number of nitrogens with two attached hydrogens (primary N) is 1. The van der Waals surface area contributed by atoms with Crippen LogP contribution in [0.4, 0.5) is 19.1 Å². The van der Waals surface area contributed by atoms with E-state index in [9.17, 15) is 26.4 Å². The Balaban J connectivity index is 2.07. The fourth-order valence-corrected chi connectivity index (χ4v) is 6.88. The molecule has 0 aliphatic rings. The number of halogens is 3. The summed E-state index contributed by atoms with van der Waals surface area (Å²) >= 11 is 0. The number of rotatable bonds is 14. The third kappa shape index (κ3) is 9.80. The molecule has 1 aromatic heterocycles. The number of carbonyl (C=O) groups is 1. The van der Waals surface area contributed by atoms with Crippen LogP contribution in [0.2, 0.25) is 0 Å². The topological polar surface area (TPSA) is 145 Å². The summed E-state index contributed by atoms with van der Waals surface area (Å²) < 4.78 is 78.8. The van der Waals surface area contributed by atoms with Crippen molar-refractivity contribution in [3.05, 3.63) is 69.4 Å². The smallest absolute Gasteiger partial charge is 0.401 e. The van der Waals surface area contributed by atoms with E-state index in [0.717, 1.165) is 10.5 Å². The second kappa shape index (κ2) is 14.9. The van der Waals surface area contributed by atoms with Crippen molar-refractivity contribution >= 4 is 22.0 Å². The lowest BCUT2D eigenvalue weighted by molar-refractivity contribution is -0.154. The predicted molar refractivity (Wildman–Crippen MR) is 172 cm³/mol. The number of ether oxygens (including phenoxy) is 1. The van der Waals surface area contributed by atoms with Gasteiger partial charge in [0.15, 0.2) is 0 Å². The molecule has 3 aromatic rings. The highest BCUT2D eigenvalue weighted by Gasteiger charge is 2.33. The zero-order valence-electron chi connectivity index (χ0n) is 27.9. The van der Waals surface area contributed by atoms with Gasteiger partial charge in [-0.25, -0.2) is 4.98 Å². The van der Waals surface area contributed by atoms with Crippen LogP contribution in [0.25, 0.3) is 0 Å². The largest absolute Gasteiger partial charge is 0.496 e.